The summed E-state index contributed by atoms with van der Waals surface area (Å²) in [7, 11) is 0. The molecule has 0 radical (unpaired) electrons. The Bertz CT molecular complexity index is 1070. The van der Waals surface area contributed by atoms with Gasteiger partial charge in [-0.15, -0.1) is 6.42 Å². The molecule has 0 unspecified atom stereocenters. The first-order chi connectivity index (χ1) is 12.5. The smallest absolute Gasteiger partial charge is 0.279 e. The van der Waals surface area contributed by atoms with E-state index in [1.165, 1.54) is 22.5 Å². The third-order valence-corrected chi connectivity index (χ3v) is 5.20. The van der Waals surface area contributed by atoms with E-state index in [1.54, 1.807) is 24.3 Å². The number of benzene rings is 2. The minimum Gasteiger partial charge on any atom is -0.494 e. The first-order valence-corrected chi connectivity index (χ1v) is 9.21. The van der Waals surface area contributed by atoms with E-state index in [4.69, 9.17) is 11.2 Å². The van der Waals surface area contributed by atoms with Crippen LogP contribution in [0.15, 0.2) is 41.4 Å². The van der Waals surface area contributed by atoms with Crippen LogP contribution in [0.4, 0.5) is 0 Å². The second kappa shape index (κ2) is 7.59. The van der Waals surface area contributed by atoms with E-state index < -0.39 is 0 Å². The van der Waals surface area contributed by atoms with E-state index in [0.717, 1.165) is 16.0 Å². The lowest BCUT2D eigenvalue weighted by Crippen LogP contribution is -2.16. The third-order valence-electron chi connectivity index (χ3n) is 4.16. The SMILES string of the molecule is C#CCn1c(=NC(=O)c2ccc(OCC)cc2)sc2cc(C)c(C)cc21. The number of rotatable bonds is 4. The van der Waals surface area contributed by atoms with E-state index in [9.17, 15) is 4.79 Å². The predicted molar refractivity (Wildman–Crippen MR) is 106 cm³/mol. The Kier molecular flexibility index (Phi) is 5.24. The van der Waals surface area contributed by atoms with Crippen molar-refractivity contribution in [2.24, 2.45) is 4.99 Å². The van der Waals surface area contributed by atoms with Crippen molar-refractivity contribution < 1.29 is 9.53 Å². The van der Waals surface area contributed by atoms with Gasteiger partial charge in [-0.3, -0.25) is 4.79 Å². The van der Waals surface area contributed by atoms with Gasteiger partial charge < -0.3 is 9.30 Å². The van der Waals surface area contributed by atoms with Crippen molar-refractivity contribution in [3.8, 4) is 18.1 Å². The molecule has 0 atom stereocenters. The summed E-state index contributed by atoms with van der Waals surface area (Å²) in [6.45, 7) is 7.02. The van der Waals surface area contributed by atoms with E-state index in [1.807, 2.05) is 11.5 Å². The molecule has 0 aliphatic heterocycles. The summed E-state index contributed by atoms with van der Waals surface area (Å²) in [5, 5.41) is 0. The Hall–Kier alpha value is -2.84. The minimum atomic E-state index is -0.293. The lowest BCUT2D eigenvalue weighted by atomic mass is 10.1. The van der Waals surface area contributed by atoms with Crippen molar-refractivity contribution in [1.29, 1.82) is 0 Å². The molecule has 132 valence electrons. The number of fused-ring (bicyclic) bond motifs is 1. The van der Waals surface area contributed by atoms with Crippen molar-refractivity contribution in [2.75, 3.05) is 6.61 Å². The van der Waals surface area contributed by atoms with Gasteiger partial charge in [0.1, 0.15) is 5.75 Å². The largest absolute Gasteiger partial charge is 0.494 e. The molecule has 0 bridgehead atoms. The predicted octanol–water partition coefficient (Wildman–Crippen LogP) is 4.09. The highest BCUT2D eigenvalue weighted by atomic mass is 32.1. The van der Waals surface area contributed by atoms with Gasteiger partial charge in [0.25, 0.3) is 5.91 Å². The monoisotopic (exact) mass is 364 g/mol. The first-order valence-electron chi connectivity index (χ1n) is 8.39. The lowest BCUT2D eigenvalue weighted by Gasteiger charge is -2.04. The molecule has 26 heavy (non-hydrogen) atoms. The van der Waals surface area contributed by atoms with E-state index in [0.29, 0.717) is 23.5 Å². The van der Waals surface area contributed by atoms with Crippen LogP contribution in [-0.4, -0.2) is 17.1 Å². The molecule has 1 aromatic heterocycles. The number of hydrogen-bond donors (Lipinski definition) is 0. The van der Waals surface area contributed by atoms with Crippen LogP contribution in [0.3, 0.4) is 0 Å². The van der Waals surface area contributed by atoms with Gasteiger partial charge in [0.15, 0.2) is 4.80 Å². The van der Waals surface area contributed by atoms with Crippen molar-refractivity contribution in [3.63, 3.8) is 0 Å². The molecule has 0 saturated carbocycles. The molecule has 5 heteroatoms. The zero-order valence-corrected chi connectivity index (χ0v) is 15.9. The molecule has 0 aliphatic rings. The molecule has 2 aromatic carbocycles. The zero-order chi connectivity index (χ0) is 18.7. The van der Waals surface area contributed by atoms with E-state index >= 15 is 0 Å². The molecule has 0 N–H and O–H groups in total. The normalized spacial score (nSPS) is 11.5. The Morgan fingerprint density at radius 2 is 1.92 bits per heavy atom. The average molecular weight is 364 g/mol. The summed E-state index contributed by atoms with van der Waals surface area (Å²) in [5.74, 6) is 3.10. The van der Waals surface area contributed by atoms with Crippen molar-refractivity contribution >= 4 is 27.5 Å². The number of hydrogen-bond acceptors (Lipinski definition) is 3. The maximum absolute atomic E-state index is 12.6. The maximum atomic E-state index is 12.6. The molecule has 3 rings (SSSR count). The fraction of sp³-hybridized carbons (Fsp3) is 0.238. The molecule has 0 aliphatic carbocycles. The average Bonchev–Trinajstić information content (AvgIpc) is 2.93. The van der Waals surface area contributed by atoms with Crippen LogP contribution < -0.4 is 9.54 Å². The molecule has 0 saturated heterocycles. The highest BCUT2D eigenvalue weighted by Gasteiger charge is 2.10. The topological polar surface area (TPSA) is 43.6 Å². The van der Waals surface area contributed by atoms with E-state index in [2.05, 4.69) is 36.9 Å². The van der Waals surface area contributed by atoms with Crippen LogP contribution >= 0.6 is 11.3 Å². The molecule has 1 amide bonds. The fourth-order valence-corrected chi connectivity index (χ4v) is 3.77. The highest BCUT2D eigenvalue weighted by Crippen LogP contribution is 2.22. The molecule has 0 fully saturated rings. The van der Waals surface area contributed by atoms with Crippen molar-refractivity contribution in [1.82, 2.24) is 4.57 Å². The van der Waals surface area contributed by atoms with E-state index in [-0.39, 0.29) is 5.91 Å². The van der Waals surface area contributed by atoms with Crippen LogP contribution in [0.5, 0.6) is 5.75 Å². The molecular formula is C21H20N2O2S. The highest BCUT2D eigenvalue weighted by molar-refractivity contribution is 7.16. The summed E-state index contributed by atoms with van der Waals surface area (Å²) in [6, 6.07) is 11.2. The molecule has 3 aromatic rings. The van der Waals surface area contributed by atoms with Crippen LogP contribution in [-0.2, 0) is 6.54 Å². The maximum Gasteiger partial charge on any atom is 0.279 e. The number of carbonyl (C=O) groups is 1. The number of ether oxygens (including phenoxy) is 1. The number of thiazole rings is 1. The van der Waals surface area contributed by atoms with Crippen molar-refractivity contribution in [2.45, 2.75) is 27.3 Å². The minimum absolute atomic E-state index is 0.293. The zero-order valence-electron chi connectivity index (χ0n) is 15.1. The van der Waals surface area contributed by atoms with Crippen LogP contribution in [0.2, 0.25) is 0 Å². The number of aromatic nitrogens is 1. The molecule has 4 nitrogen and oxygen atoms in total. The van der Waals surface area contributed by atoms with Gasteiger partial charge >= 0.3 is 0 Å². The second-order valence-electron chi connectivity index (χ2n) is 5.95. The molecule has 0 spiro atoms. The Balaban J connectivity index is 2.06. The second-order valence-corrected chi connectivity index (χ2v) is 6.96. The van der Waals surface area contributed by atoms with Gasteiger partial charge in [-0.1, -0.05) is 17.3 Å². The summed E-state index contributed by atoms with van der Waals surface area (Å²) >= 11 is 1.48. The summed E-state index contributed by atoms with van der Waals surface area (Å²) in [5.41, 5.74) is 3.92. The third kappa shape index (κ3) is 3.56. The standard InChI is InChI=1S/C21H20N2O2S/c1-5-11-23-18-12-14(3)15(4)13-19(18)26-21(23)22-20(24)16-7-9-17(10-8-16)25-6-2/h1,7-10,12-13H,6,11H2,2-4H3. The summed E-state index contributed by atoms with van der Waals surface area (Å²) in [6.07, 6.45) is 5.53. The van der Waals surface area contributed by atoms with Gasteiger partial charge in [-0.2, -0.15) is 4.99 Å². The van der Waals surface area contributed by atoms with Gasteiger partial charge in [0.05, 0.1) is 23.4 Å². The Morgan fingerprint density at radius 3 is 2.58 bits per heavy atom. The fourth-order valence-electron chi connectivity index (χ4n) is 2.66. The Morgan fingerprint density at radius 1 is 1.23 bits per heavy atom. The number of nitrogens with zero attached hydrogens (tertiary/aromatic N) is 2. The van der Waals surface area contributed by atoms with Gasteiger partial charge in [0.2, 0.25) is 0 Å². The summed E-state index contributed by atoms with van der Waals surface area (Å²) in [4.78, 5) is 17.5. The lowest BCUT2D eigenvalue weighted by molar-refractivity contribution is 0.0998. The molecular weight excluding hydrogens is 344 g/mol. The number of amides is 1. The van der Waals surface area contributed by atoms with Gasteiger partial charge in [-0.05, 0) is 68.3 Å². The van der Waals surface area contributed by atoms with Crippen LogP contribution in [0, 0.1) is 26.2 Å². The molecule has 1 heterocycles. The summed E-state index contributed by atoms with van der Waals surface area (Å²) < 4.78 is 8.39. The quantitative estimate of drug-likeness (QED) is 0.655. The van der Waals surface area contributed by atoms with Gasteiger partial charge in [0, 0.05) is 5.56 Å². The van der Waals surface area contributed by atoms with Crippen LogP contribution in [0.25, 0.3) is 10.2 Å². The van der Waals surface area contributed by atoms with Gasteiger partial charge in [-0.25, -0.2) is 0 Å². The Labute approximate surface area is 156 Å². The van der Waals surface area contributed by atoms with Crippen LogP contribution in [0.1, 0.15) is 28.4 Å². The number of aryl methyl sites for hydroxylation is 2. The van der Waals surface area contributed by atoms with Crippen molar-refractivity contribution in [3.05, 3.63) is 57.9 Å². The number of carbonyl (C=O) groups excluding carboxylic acids is 1. The first kappa shape index (κ1) is 18.0. The number of terminal acetylenes is 1.